The van der Waals surface area contributed by atoms with Crippen LogP contribution in [0, 0.1) is 5.92 Å². The fourth-order valence-corrected chi connectivity index (χ4v) is 3.59. The van der Waals surface area contributed by atoms with E-state index in [1.165, 1.54) is 28.4 Å². The molecule has 1 N–H and O–H groups in total. The minimum atomic E-state index is 0.244. The zero-order valence-electron chi connectivity index (χ0n) is 13.2. The summed E-state index contributed by atoms with van der Waals surface area (Å²) >= 11 is 1.86. The van der Waals surface area contributed by atoms with E-state index in [4.69, 9.17) is 9.72 Å². The highest BCUT2D eigenvalue weighted by molar-refractivity contribution is 7.11. The van der Waals surface area contributed by atoms with E-state index in [1.54, 1.807) is 0 Å². The zero-order chi connectivity index (χ0) is 14.5. The molecule has 1 unspecified atom stereocenters. The van der Waals surface area contributed by atoms with Crippen LogP contribution in [0.15, 0.2) is 0 Å². The fraction of sp³-hybridized carbons (Fsp3) is 0.812. The molecule has 1 aromatic rings. The molecule has 1 aromatic heterocycles. The highest BCUT2D eigenvalue weighted by Gasteiger charge is 2.35. The largest absolute Gasteiger partial charge is 0.371 e. The predicted octanol–water partition coefficient (Wildman–Crippen LogP) is 4.08. The van der Waals surface area contributed by atoms with Gasteiger partial charge in [-0.15, -0.1) is 11.3 Å². The number of aryl methyl sites for hydroxylation is 1. The van der Waals surface area contributed by atoms with Crippen molar-refractivity contribution in [3.05, 3.63) is 15.6 Å². The third-order valence-corrected chi connectivity index (χ3v) is 4.75. The number of aromatic nitrogens is 1. The predicted molar refractivity (Wildman–Crippen MR) is 85.2 cm³/mol. The van der Waals surface area contributed by atoms with E-state index in [9.17, 15) is 0 Å². The van der Waals surface area contributed by atoms with E-state index in [0.717, 1.165) is 26.0 Å². The van der Waals surface area contributed by atoms with Crippen molar-refractivity contribution < 1.29 is 4.74 Å². The number of nitrogens with zero attached hydrogens (tertiary/aromatic N) is 1. The molecule has 1 aliphatic rings. The second kappa shape index (κ2) is 7.53. The summed E-state index contributed by atoms with van der Waals surface area (Å²) in [5, 5.41) is 4.73. The van der Waals surface area contributed by atoms with Crippen LogP contribution in [0.2, 0.25) is 0 Å². The molecule has 0 radical (unpaired) electrons. The molecule has 0 bridgehead atoms. The van der Waals surface area contributed by atoms with Crippen LogP contribution >= 0.6 is 11.3 Å². The minimum Gasteiger partial charge on any atom is -0.371 e. The maximum Gasteiger partial charge on any atom is 0.122 e. The first-order valence-corrected chi connectivity index (χ1v) is 8.80. The summed E-state index contributed by atoms with van der Waals surface area (Å²) in [5.74, 6) is 0.710. The number of nitrogens with one attached hydrogen (secondary N) is 1. The van der Waals surface area contributed by atoms with Crippen molar-refractivity contribution in [2.24, 2.45) is 5.92 Å². The van der Waals surface area contributed by atoms with Gasteiger partial charge in [0.2, 0.25) is 0 Å². The van der Waals surface area contributed by atoms with Gasteiger partial charge in [-0.25, -0.2) is 4.98 Å². The third-order valence-electron chi connectivity index (χ3n) is 3.59. The molecule has 2 rings (SSSR count). The Morgan fingerprint density at radius 2 is 2.10 bits per heavy atom. The van der Waals surface area contributed by atoms with Gasteiger partial charge in [-0.05, 0) is 32.1 Å². The number of hydrogen-bond donors (Lipinski definition) is 1. The third kappa shape index (κ3) is 4.27. The molecule has 1 atom stereocenters. The molecule has 1 fully saturated rings. The van der Waals surface area contributed by atoms with E-state index in [1.807, 2.05) is 11.3 Å². The van der Waals surface area contributed by atoms with E-state index in [2.05, 4.69) is 33.0 Å². The van der Waals surface area contributed by atoms with Crippen LogP contribution in [-0.2, 0) is 17.7 Å². The van der Waals surface area contributed by atoms with Gasteiger partial charge in [-0.2, -0.15) is 0 Å². The van der Waals surface area contributed by atoms with Crippen LogP contribution in [0.25, 0.3) is 0 Å². The van der Waals surface area contributed by atoms with Crippen LogP contribution < -0.4 is 5.32 Å². The molecule has 0 aliphatic heterocycles. The minimum absolute atomic E-state index is 0.244. The lowest BCUT2D eigenvalue weighted by Crippen LogP contribution is -2.21. The van der Waals surface area contributed by atoms with Gasteiger partial charge in [0.05, 0.1) is 5.69 Å². The monoisotopic (exact) mass is 296 g/mol. The topological polar surface area (TPSA) is 34.1 Å². The summed E-state index contributed by atoms with van der Waals surface area (Å²) < 4.78 is 5.95. The van der Waals surface area contributed by atoms with Gasteiger partial charge in [-0.3, -0.25) is 0 Å². The Kier molecular flexibility index (Phi) is 6.00. The molecule has 0 saturated heterocycles. The average molecular weight is 296 g/mol. The molecule has 1 heterocycles. The lowest BCUT2D eigenvalue weighted by molar-refractivity contribution is 0.0461. The normalized spacial score (nSPS) is 16.9. The zero-order valence-corrected chi connectivity index (χ0v) is 14.1. The molecule has 20 heavy (non-hydrogen) atoms. The molecule has 0 amide bonds. The van der Waals surface area contributed by atoms with Crippen molar-refractivity contribution >= 4 is 11.3 Å². The van der Waals surface area contributed by atoms with E-state index in [0.29, 0.717) is 12.0 Å². The molecular weight excluding hydrogens is 268 g/mol. The number of thiazole rings is 1. The molecule has 0 spiro atoms. The van der Waals surface area contributed by atoms with E-state index >= 15 is 0 Å². The summed E-state index contributed by atoms with van der Waals surface area (Å²) in [6, 6.07) is 0.515. The summed E-state index contributed by atoms with van der Waals surface area (Å²) in [4.78, 5) is 6.32. The summed E-state index contributed by atoms with van der Waals surface area (Å²) in [6.07, 6.45) is 5.07. The molecule has 1 saturated carbocycles. The number of ether oxygens (including phenoxy) is 1. The Morgan fingerprint density at radius 1 is 1.35 bits per heavy atom. The Hall–Kier alpha value is -0.450. The first kappa shape index (κ1) is 15.9. The van der Waals surface area contributed by atoms with Crippen molar-refractivity contribution in [3.63, 3.8) is 0 Å². The van der Waals surface area contributed by atoms with Crippen molar-refractivity contribution in [1.29, 1.82) is 0 Å². The molecular formula is C16H28N2OS. The van der Waals surface area contributed by atoms with Crippen molar-refractivity contribution in [3.8, 4) is 0 Å². The average Bonchev–Trinajstić information content (AvgIpc) is 3.16. The standard InChI is InChI=1S/C16H28N2OS/c1-5-7-13-14(10-17-11(3)4)20-16(18-13)15(19-6-2)12-8-9-12/h11-12,15,17H,5-10H2,1-4H3. The lowest BCUT2D eigenvalue weighted by atomic mass is 10.2. The van der Waals surface area contributed by atoms with Crippen LogP contribution in [0.5, 0.6) is 0 Å². The maximum atomic E-state index is 5.95. The summed E-state index contributed by atoms with van der Waals surface area (Å²) in [6.45, 7) is 10.4. The molecule has 114 valence electrons. The SMILES string of the molecule is CCCc1nc(C(OCC)C2CC2)sc1CNC(C)C. The smallest absolute Gasteiger partial charge is 0.122 e. The highest BCUT2D eigenvalue weighted by Crippen LogP contribution is 2.44. The maximum absolute atomic E-state index is 5.95. The summed E-state index contributed by atoms with van der Waals surface area (Å²) in [5.41, 5.74) is 1.28. The van der Waals surface area contributed by atoms with Gasteiger partial charge in [0.1, 0.15) is 11.1 Å². The molecule has 0 aromatic carbocycles. The van der Waals surface area contributed by atoms with Crippen LogP contribution in [-0.4, -0.2) is 17.6 Å². The Balaban J connectivity index is 2.13. The van der Waals surface area contributed by atoms with Gasteiger partial charge in [-0.1, -0.05) is 27.2 Å². The van der Waals surface area contributed by atoms with Gasteiger partial charge < -0.3 is 10.1 Å². The van der Waals surface area contributed by atoms with Gasteiger partial charge >= 0.3 is 0 Å². The van der Waals surface area contributed by atoms with Crippen LogP contribution in [0.1, 0.15) is 68.6 Å². The van der Waals surface area contributed by atoms with Crippen molar-refractivity contribution in [2.75, 3.05) is 6.61 Å². The molecule has 3 nitrogen and oxygen atoms in total. The van der Waals surface area contributed by atoms with Gasteiger partial charge in [0.15, 0.2) is 0 Å². The lowest BCUT2D eigenvalue weighted by Gasteiger charge is -2.12. The number of rotatable bonds is 9. The molecule has 1 aliphatic carbocycles. The van der Waals surface area contributed by atoms with Crippen LogP contribution in [0.3, 0.4) is 0 Å². The van der Waals surface area contributed by atoms with Crippen molar-refractivity contribution in [2.45, 2.75) is 72.1 Å². The first-order chi connectivity index (χ1) is 9.65. The fourth-order valence-electron chi connectivity index (χ4n) is 2.38. The van der Waals surface area contributed by atoms with E-state index in [-0.39, 0.29) is 6.10 Å². The Bertz CT molecular complexity index is 413. The van der Waals surface area contributed by atoms with Gasteiger partial charge in [0, 0.05) is 24.1 Å². The highest BCUT2D eigenvalue weighted by atomic mass is 32.1. The molecule has 4 heteroatoms. The van der Waals surface area contributed by atoms with Crippen LogP contribution in [0.4, 0.5) is 0 Å². The first-order valence-electron chi connectivity index (χ1n) is 7.99. The van der Waals surface area contributed by atoms with E-state index < -0.39 is 0 Å². The van der Waals surface area contributed by atoms with Gasteiger partial charge in [0.25, 0.3) is 0 Å². The van der Waals surface area contributed by atoms with Crippen molar-refractivity contribution in [1.82, 2.24) is 10.3 Å². The number of hydrogen-bond acceptors (Lipinski definition) is 4. The Labute approximate surface area is 127 Å². The Morgan fingerprint density at radius 3 is 2.65 bits per heavy atom. The second-order valence-electron chi connectivity index (χ2n) is 5.92. The summed E-state index contributed by atoms with van der Waals surface area (Å²) in [7, 11) is 0. The second-order valence-corrected chi connectivity index (χ2v) is 7.04. The quantitative estimate of drug-likeness (QED) is 0.745.